The van der Waals surface area contributed by atoms with E-state index in [0.29, 0.717) is 6.04 Å². The van der Waals surface area contributed by atoms with Crippen molar-refractivity contribution in [1.82, 2.24) is 5.32 Å². The Morgan fingerprint density at radius 3 is 2.36 bits per heavy atom. The molecule has 2 heteroatoms. The lowest BCUT2D eigenvalue weighted by Gasteiger charge is -2.24. The van der Waals surface area contributed by atoms with Crippen molar-refractivity contribution in [2.75, 3.05) is 19.8 Å². The van der Waals surface area contributed by atoms with Gasteiger partial charge in [0.2, 0.25) is 0 Å². The first-order chi connectivity index (χ1) is 6.76. The maximum absolute atomic E-state index is 5.60. The first kappa shape index (κ1) is 13.9. The van der Waals surface area contributed by atoms with E-state index in [1.165, 1.54) is 12.8 Å². The Kier molecular flexibility index (Phi) is 9.42. The zero-order chi connectivity index (χ0) is 10.8. The Bertz CT molecular complexity index is 117. The second kappa shape index (κ2) is 9.47. The first-order valence-corrected chi connectivity index (χ1v) is 6.07. The Balaban J connectivity index is 3.74. The number of hydrogen-bond acceptors (Lipinski definition) is 2. The van der Waals surface area contributed by atoms with Crippen molar-refractivity contribution in [2.45, 2.75) is 53.0 Å². The molecule has 0 aromatic heterocycles. The van der Waals surface area contributed by atoms with Crippen LogP contribution < -0.4 is 5.32 Å². The van der Waals surface area contributed by atoms with Crippen LogP contribution in [-0.2, 0) is 4.74 Å². The van der Waals surface area contributed by atoms with Gasteiger partial charge in [0.15, 0.2) is 0 Å². The lowest BCUT2D eigenvalue weighted by Crippen LogP contribution is -2.39. The summed E-state index contributed by atoms with van der Waals surface area (Å²) in [5.41, 5.74) is 0. The maximum Gasteiger partial charge on any atom is 0.0622 e. The summed E-state index contributed by atoms with van der Waals surface area (Å²) in [6.07, 6.45) is 3.66. The third kappa shape index (κ3) is 6.39. The van der Waals surface area contributed by atoms with Crippen molar-refractivity contribution in [2.24, 2.45) is 5.92 Å². The fraction of sp³-hybridized carbons (Fsp3) is 1.00. The average molecular weight is 201 g/mol. The fourth-order valence-corrected chi connectivity index (χ4v) is 1.70. The minimum Gasteiger partial charge on any atom is -0.380 e. The Hall–Kier alpha value is -0.0800. The molecule has 14 heavy (non-hydrogen) atoms. The molecule has 0 bridgehead atoms. The predicted molar refractivity (Wildman–Crippen MR) is 62.6 cm³/mol. The zero-order valence-corrected chi connectivity index (χ0v) is 10.3. The van der Waals surface area contributed by atoms with Gasteiger partial charge in [-0.1, -0.05) is 34.1 Å². The molecular weight excluding hydrogens is 174 g/mol. The van der Waals surface area contributed by atoms with Crippen molar-refractivity contribution < 1.29 is 4.74 Å². The Labute approximate surface area is 89.4 Å². The van der Waals surface area contributed by atoms with Crippen molar-refractivity contribution in [3.8, 4) is 0 Å². The monoisotopic (exact) mass is 201 g/mol. The van der Waals surface area contributed by atoms with Gasteiger partial charge < -0.3 is 10.1 Å². The van der Waals surface area contributed by atoms with Crippen LogP contribution in [0.2, 0.25) is 0 Å². The third-order valence-electron chi connectivity index (χ3n) is 2.54. The van der Waals surface area contributed by atoms with Crippen LogP contribution >= 0.6 is 0 Å². The minimum absolute atomic E-state index is 0.534. The van der Waals surface area contributed by atoms with Crippen LogP contribution in [0, 0.1) is 5.92 Å². The molecule has 0 fully saturated rings. The van der Waals surface area contributed by atoms with E-state index in [0.717, 1.165) is 32.1 Å². The standard InChI is InChI=1S/C12H27NO/c1-5-8-11(4)12(13-7-3)10-14-9-6-2/h11-13H,5-10H2,1-4H3. The smallest absolute Gasteiger partial charge is 0.0622 e. The molecule has 2 atom stereocenters. The second-order valence-corrected chi connectivity index (χ2v) is 4.01. The highest BCUT2D eigenvalue weighted by Gasteiger charge is 2.14. The minimum atomic E-state index is 0.534. The number of nitrogens with one attached hydrogen (secondary N) is 1. The molecule has 0 heterocycles. The molecule has 0 saturated carbocycles. The van der Waals surface area contributed by atoms with Crippen LogP contribution in [0.1, 0.15) is 47.0 Å². The van der Waals surface area contributed by atoms with E-state index in [-0.39, 0.29) is 0 Å². The summed E-state index contributed by atoms with van der Waals surface area (Å²) in [5, 5.41) is 3.50. The van der Waals surface area contributed by atoms with Crippen LogP contribution in [-0.4, -0.2) is 25.8 Å². The third-order valence-corrected chi connectivity index (χ3v) is 2.54. The van der Waals surface area contributed by atoms with Crippen LogP contribution in [0.4, 0.5) is 0 Å². The highest BCUT2D eigenvalue weighted by atomic mass is 16.5. The fourth-order valence-electron chi connectivity index (χ4n) is 1.70. The molecule has 0 aliphatic heterocycles. The molecule has 0 aromatic carbocycles. The molecule has 86 valence electrons. The van der Waals surface area contributed by atoms with E-state index in [9.17, 15) is 0 Å². The summed E-state index contributed by atoms with van der Waals surface area (Å²) in [6.45, 7) is 11.7. The number of rotatable bonds is 9. The molecular formula is C12H27NO. The van der Waals surface area contributed by atoms with Crippen molar-refractivity contribution in [1.29, 1.82) is 0 Å². The Morgan fingerprint density at radius 1 is 1.14 bits per heavy atom. The predicted octanol–water partition coefficient (Wildman–Crippen LogP) is 2.83. The molecule has 2 unspecified atom stereocenters. The molecule has 0 aromatic rings. The van der Waals surface area contributed by atoms with Gasteiger partial charge in [-0.15, -0.1) is 0 Å². The van der Waals surface area contributed by atoms with Gasteiger partial charge in [0.05, 0.1) is 6.61 Å². The molecule has 0 spiro atoms. The molecule has 0 aliphatic rings. The number of likely N-dealkylation sites (N-methyl/N-ethyl adjacent to an activating group) is 1. The quantitative estimate of drug-likeness (QED) is 0.579. The largest absolute Gasteiger partial charge is 0.380 e. The van der Waals surface area contributed by atoms with Gasteiger partial charge in [-0.05, 0) is 25.3 Å². The average Bonchev–Trinajstić information content (AvgIpc) is 2.17. The summed E-state index contributed by atoms with van der Waals surface area (Å²) in [5.74, 6) is 0.719. The second-order valence-electron chi connectivity index (χ2n) is 4.01. The van der Waals surface area contributed by atoms with E-state index in [2.05, 4.69) is 33.0 Å². The maximum atomic E-state index is 5.60. The van der Waals surface area contributed by atoms with Gasteiger partial charge in [0.1, 0.15) is 0 Å². The zero-order valence-electron chi connectivity index (χ0n) is 10.3. The molecule has 2 nitrogen and oxygen atoms in total. The SMILES string of the molecule is CCCOCC(NCC)C(C)CCC. The summed E-state index contributed by atoms with van der Waals surface area (Å²) in [4.78, 5) is 0. The van der Waals surface area contributed by atoms with Crippen LogP contribution in [0.25, 0.3) is 0 Å². The van der Waals surface area contributed by atoms with E-state index in [1.54, 1.807) is 0 Å². The Morgan fingerprint density at radius 2 is 1.86 bits per heavy atom. The molecule has 1 N–H and O–H groups in total. The van der Waals surface area contributed by atoms with Crippen molar-refractivity contribution >= 4 is 0 Å². The lowest BCUT2D eigenvalue weighted by atomic mass is 9.97. The van der Waals surface area contributed by atoms with Crippen LogP contribution in [0.5, 0.6) is 0 Å². The highest BCUT2D eigenvalue weighted by Crippen LogP contribution is 2.11. The normalized spacial score (nSPS) is 15.4. The first-order valence-electron chi connectivity index (χ1n) is 6.07. The molecule has 0 rings (SSSR count). The summed E-state index contributed by atoms with van der Waals surface area (Å²) >= 11 is 0. The topological polar surface area (TPSA) is 21.3 Å². The van der Waals surface area contributed by atoms with E-state index >= 15 is 0 Å². The van der Waals surface area contributed by atoms with Gasteiger partial charge >= 0.3 is 0 Å². The van der Waals surface area contributed by atoms with Gasteiger partial charge in [0.25, 0.3) is 0 Å². The summed E-state index contributed by atoms with van der Waals surface area (Å²) in [7, 11) is 0. The van der Waals surface area contributed by atoms with Gasteiger partial charge in [0, 0.05) is 12.6 Å². The van der Waals surface area contributed by atoms with E-state index < -0.39 is 0 Å². The molecule has 0 aliphatic carbocycles. The van der Waals surface area contributed by atoms with Gasteiger partial charge in [-0.3, -0.25) is 0 Å². The molecule has 0 amide bonds. The van der Waals surface area contributed by atoms with Crippen molar-refractivity contribution in [3.05, 3.63) is 0 Å². The summed E-state index contributed by atoms with van der Waals surface area (Å²) in [6, 6.07) is 0.534. The van der Waals surface area contributed by atoms with Crippen LogP contribution in [0.15, 0.2) is 0 Å². The highest BCUT2D eigenvalue weighted by molar-refractivity contribution is 4.72. The molecule has 0 saturated heterocycles. The lowest BCUT2D eigenvalue weighted by molar-refractivity contribution is 0.0948. The molecule has 0 radical (unpaired) electrons. The van der Waals surface area contributed by atoms with Crippen molar-refractivity contribution in [3.63, 3.8) is 0 Å². The summed E-state index contributed by atoms with van der Waals surface area (Å²) < 4.78 is 5.60. The number of hydrogen-bond donors (Lipinski definition) is 1. The van der Waals surface area contributed by atoms with E-state index in [1.807, 2.05) is 0 Å². The van der Waals surface area contributed by atoms with Gasteiger partial charge in [-0.2, -0.15) is 0 Å². The number of ether oxygens (including phenoxy) is 1. The van der Waals surface area contributed by atoms with Crippen LogP contribution in [0.3, 0.4) is 0 Å². The van der Waals surface area contributed by atoms with E-state index in [4.69, 9.17) is 4.74 Å². The van der Waals surface area contributed by atoms with Gasteiger partial charge in [-0.25, -0.2) is 0 Å².